The van der Waals surface area contributed by atoms with E-state index in [0.29, 0.717) is 12.0 Å². The first-order valence-corrected chi connectivity index (χ1v) is 8.70. The molecule has 0 saturated heterocycles. The molecule has 21 heavy (non-hydrogen) atoms. The Morgan fingerprint density at radius 1 is 1.10 bits per heavy atom. The highest BCUT2D eigenvalue weighted by molar-refractivity contribution is 5.24. The Hall–Kier alpha value is -0.890. The van der Waals surface area contributed by atoms with Gasteiger partial charge in [-0.25, -0.2) is 4.39 Å². The van der Waals surface area contributed by atoms with E-state index in [2.05, 4.69) is 12.2 Å². The van der Waals surface area contributed by atoms with Crippen LogP contribution >= 0.6 is 0 Å². The molecule has 1 N–H and O–H groups in total. The molecule has 1 aromatic carbocycles. The van der Waals surface area contributed by atoms with Crippen LogP contribution in [0.2, 0.25) is 0 Å². The maximum atomic E-state index is 13.7. The second-order valence-corrected chi connectivity index (χ2v) is 7.26. The molecule has 0 unspecified atom stereocenters. The number of nitrogens with one attached hydrogen (secondary N) is 1. The summed E-state index contributed by atoms with van der Waals surface area (Å²) in [7, 11) is 0. The lowest BCUT2D eigenvalue weighted by atomic mass is 9.75. The highest BCUT2D eigenvalue weighted by Gasteiger charge is 2.31. The lowest BCUT2D eigenvalue weighted by Gasteiger charge is -2.37. The number of hydrogen-bond acceptors (Lipinski definition) is 1. The van der Waals surface area contributed by atoms with Crippen molar-refractivity contribution in [1.82, 2.24) is 5.32 Å². The van der Waals surface area contributed by atoms with Gasteiger partial charge in [-0.3, -0.25) is 0 Å². The molecule has 116 valence electrons. The summed E-state index contributed by atoms with van der Waals surface area (Å²) in [4.78, 5) is 0. The maximum Gasteiger partial charge on any atom is 0.126 e. The molecule has 2 fully saturated rings. The summed E-state index contributed by atoms with van der Waals surface area (Å²) in [6.45, 7) is 3.53. The van der Waals surface area contributed by atoms with Gasteiger partial charge in [-0.2, -0.15) is 0 Å². The van der Waals surface area contributed by atoms with Crippen molar-refractivity contribution in [2.24, 2.45) is 11.8 Å². The Balaban J connectivity index is 1.33. The summed E-state index contributed by atoms with van der Waals surface area (Å²) in [5.41, 5.74) is 0.914. The average Bonchev–Trinajstić information content (AvgIpc) is 2.45. The van der Waals surface area contributed by atoms with Gasteiger partial charge in [-0.05, 0) is 55.2 Å². The van der Waals surface area contributed by atoms with Crippen LogP contribution < -0.4 is 5.32 Å². The van der Waals surface area contributed by atoms with Crippen molar-refractivity contribution in [3.8, 4) is 0 Å². The van der Waals surface area contributed by atoms with Crippen molar-refractivity contribution in [1.29, 1.82) is 0 Å². The fourth-order valence-corrected chi connectivity index (χ4v) is 3.95. The standard InChI is InChI=1S/C19H28FN/c1-14-6-8-15(9-7-14)10-11-21-17-12-16(13-17)18-4-2-3-5-19(18)20/h2-5,14-17,21H,6-13H2,1H3. The lowest BCUT2D eigenvalue weighted by Crippen LogP contribution is -2.41. The SMILES string of the molecule is CC1CCC(CCNC2CC(c3ccccc3F)C2)CC1. The van der Waals surface area contributed by atoms with Crippen molar-refractivity contribution in [3.05, 3.63) is 35.6 Å². The molecule has 1 nitrogen and oxygen atoms in total. The minimum absolute atomic E-state index is 0.0303. The van der Waals surface area contributed by atoms with Crippen molar-refractivity contribution in [2.75, 3.05) is 6.54 Å². The number of rotatable bonds is 5. The van der Waals surface area contributed by atoms with E-state index in [-0.39, 0.29) is 5.82 Å². The van der Waals surface area contributed by atoms with Crippen LogP contribution in [0.25, 0.3) is 0 Å². The van der Waals surface area contributed by atoms with E-state index in [1.165, 1.54) is 32.1 Å². The van der Waals surface area contributed by atoms with Gasteiger partial charge in [0, 0.05) is 6.04 Å². The molecule has 2 saturated carbocycles. The molecule has 0 spiro atoms. The summed E-state index contributed by atoms with van der Waals surface area (Å²) in [5, 5.41) is 3.67. The molecule has 0 heterocycles. The molecule has 1 aromatic rings. The number of benzene rings is 1. The van der Waals surface area contributed by atoms with Crippen LogP contribution in [0.1, 0.15) is 63.4 Å². The van der Waals surface area contributed by atoms with Crippen LogP contribution in [0.5, 0.6) is 0 Å². The molecule has 0 radical (unpaired) electrons. The molecule has 0 amide bonds. The van der Waals surface area contributed by atoms with E-state index >= 15 is 0 Å². The van der Waals surface area contributed by atoms with E-state index in [9.17, 15) is 4.39 Å². The zero-order chi connectivity index (χ0) is 14.7. The fourth-order valence-electron chi connectivity index (χ4n) is 3.95. The Labute approximate surface area is 128 Å². The van der Waals surface area contributed by atoms with Crippen molar-refractivity contribution < 1.29 is 4.39 Å². The Kier molecular flexibility index (Phi) is 4.95. The van der Waals surface area contributed by atoms with E-state index < -0.39 is 0 Å². The van der Waals surface area contributed by atoms with Gasteiger partial charge in [0.15, 0.2) is 0 Å². The molecule has 2 aliphatic rings. The van der Waals surface area contributed by atoms with Gasteiger partial charge in [-0.15, -0.1) is 0 Å². The molecule has 2 heteroatoms. The van der Waals surface area contributed by atoms with Crippen LogP contribution in [-0.2, 0) is 0 Å². The molecule has 0 aliphatic heterocycles. The zero-order valence-electron chi connectivity index (χ0n) is 13.2. The third-order valence-corrected chi connectivity index (χ3v) is 5.60. The van der Waals surface area contributed by atoms with Gasteiger partial charge in [-0.1, -0.05) is 50.8 Å². The quantitative estimate of drug-likeness (QED) is 0.814. The molecule has 0 aromatic heterocycles. The van der Waals surface area contributed by atoms with Gasteiger partial charge in [0.25, 0.3) is 0 Å². The van der Waals surface area contributed by atoms with Crippen LogP contribution in [0.3, 0.4) is 0 Å². The Morgan fingerprint density at radius 3 is 2.52 bits per heavy atom. The second kappa shape index (κ2) is 6.91. The van der Waals surface area contributed by atoms with Crippen LogP contribution in [-0.4, -0.2) is 12.6 Å². The Bertz CT molecular complexity index is 445. The molecule has 2 aliphatic carbocycles. The van der Waals surface area contributed by atoms with Crippen LogP contribution in [0.4, 0.5) is 4.39 Å². The third kappa shape index (κ3) is 3.85. The minimum Gasteiger partial charge on any atom is -0.314 e. The monoisotopic (exact) mass is 289 g/mol. The summed E-state index contributed by atoms with van der Waals surface area (Å²) in [5.74, 6) is 2.29. The van der Waals surface area contributed by atoms with Gasteiger partial charge in [0.1, 0.15) is 5.82 Å². The van der Waals surface area contributed by atoms with E-state index in [4.69, 9.17) is 0 Å². The smallest absolute Gasteiger partial charge is 0.126 e. The van der Waals surface area contributed by atoms with Crippen LogP contribution in [0, 0.1) is 17.7 Å². The minimum atomic E-state index is -0.0303. The first-order chi connectivity index (χ1) is 10.2. The average molecular weight is 289 g/mol. The molecular formula is C19H28FN. The van der Waals surface area contributed by atoms with Gasteiger partial charge >= 0.3 is 0 Å². The maximum absolute atomic E-state index is 13.7. The molecule has 3 rings (SSSR count). The summed E-state index contributed by atoms with van der Waals surface area (Å²) >= 11 is 0. The molecular weight excluding hydrogens is 261 g/mol. The molecule has 0 atom stereocenters. The zero-order valence-corrected chi connectivity index (χ0v) is 13.2. The van der Waals surface area contributed by atoms with Gasteiger partial charge < -0.3 is 5.32 Å². The van der Waals surface area contributed by atoms with Crippen LogP contribution in [0.15, 0.2) is 24.3 Å². The second-order valence-electron chi connectivity index (χ2n) is 7.26. The van der Waals surface area contributed by atoms with Crippen molar-refractivity contribution in [2.45, 2.75) is 63.8 Å². The van der Waals surface area contributed by atoms with Gasteiger partial charge in [0.05, 0.1) is 0 Å². The highest BCUT2D eigenvalue weighted by atomic mass is 19.1. The summed E-state index contributed by atoms with van der Waals surface area (Å²) < 4.78 is 13.7. The van der Waals surface area contributed by atoms with E-state index in [1.807, 2.05) is 12.1 Å². The third-order valence-electron chi connectivity index (χ3n) is 5.60. The Morgan fingerprint density at radius 2 is 1.81 bits per heavy atom. The first kappa shape index (κ1) is 15.0. The van der Waals surface area contributed by atoms with E-state index in [1.54, 1.807) is 12.1 Å². The number of hydrogen-bond donors (Lipinski definition) is 1. The fraction of sp³-hybridized carbons (Fsp3) is 0.684. The normalized spacial score (nSPS) is 32.7. The topological polar surface area (TPSA) is 12.0 Å². The molecule has 0 bridgehead atoms. The summed E-state index contributed by atoms with van der Waals surface area (Å²) in [6.07, 6.45) is 9.21. The number of halogens is 1. The van der Waals surface area contributed by atoms with Crippen molar-refractivity contribution >= 4 is 0 Å². The largest absolute Gasteiger partial charge is 0.314 e. The highest BCUT2D eigenvalue weighted by Crippen LogP contribution is 2.38. The van der Waals surface area contributed by atoms with Gasteiger partial charge in [0.2, 0.25) is 0 Å². The first-order valence-electron chi connectivity index (χ1n) is 8.70. The lowest BCUT2D eigenvalue weighted by molar-refractivity contribution is 0.249. The van der Waals surface area contributed by atoms with E-state index in [0.717, 1.165) is 36.8 Å². The summed E-state index contributed by atoms with van der Waals surface area (Å²) in [6, 6.07) is 7.86. The predicted octanol–water partition coefficient (Wildman–Crippen LogP) is 4.88. The predicted molar refractivity (Wildman–Crippen MR) is 85.9 cm³/mol. The van der Waals surface area contributed by atoms with Crippen molar-refractivity contribution in [3.63, 3.8) is 0 Å².